The number of nitrogens with one attached hydrogen (secondary N) is 1. The SMILES string of the molecule is CC(C)NCC1(CN2CCS(=O)CC2)CCOCC1. The van der Waals surface area contributed by atoms with E-state index in [1.54, 1.807) is 0 Å². The van der Waals surface area contributed by atoms with Crippen molar-refractivity contribution in [3.05, 3.63) is 0 Å². The van der Waals surface area contributed by atoms with Crippen LogP contribution in [0.4, 0.5) is 0 Å². The van der Waals surface area contributed by atoms with E-state index in [1.807, 2.05) is 0 Å². The monoisotopic (exact) mass is 288 g/mol. The standard InChI is InChI=1S/C14H28N2O2S/c1-13(2)15-11-14(3-7-18-8-4-14)12-16-5-9-19(17)10-6-16/h13,15H,3-12H2,1-2H3. The lowest BCUT2D eigenvalue weighted by Gasteiger charge is -2.42. The molecule has 0 bridgehead atoms. The van der Waals surface area contributed by atoms with E-state index in [1.165, 1.54) is 0 Å². The zero-order valence-corrected chi connectivity index (χ0v) is 13.1. The van der Waals surface area contributed by atoms with E-state index in [0.717, 1.165) is 63.7 Å². The molecule has 0 unspecified atom stereocenters. The van der Waals surface area contributed by atoms with E-state index in [2.05, 4.69) is 24.1 Å². The van der Waals surface area contributed by atoms with Crippen molar-refractivity contribution in [2.45, 2.75) is 32.7 Å². The molecule has 5 heteroatoms. The lowest BCUT2D eigenvalue weighted by Crippen LogP contribution is -2.51. The van der Waals surface area contributed by atoms with Gasteiger partial charge in [0.15, 0.2) is 0 Å². The van der Waals surface area contributed by atoms with Gasteiger partial charge >= 0.3 is 0 Å². The molecule has 0 aromatic rings. The Morgan fingerprint density at radius 1 is 1.26 bits per heavy atom. The van der Waals surface area contributed by atoms with E-state index < -0.39 is 10.8 Å². The van der Waals surface area contributed by atoms with Crippen LogP contribution in [0.1, 0.15) is 26.7 Å². The molecule has 19 heavy (non-hydrogen) atoms. The van der Waals surface area contributed by atoms with Crippen LogP contribution >= 0.6 is 0 Å². The van der Waals surface area contributed by atoms with Gasteiger partial charge in [-0.05, 0) is 18.3 Å². The molecule has 2 saturated heterocycles. The topological polar surface area (TPSA) is 41.6 Å². The lowest BCUT2D eigenvalue weighted by atomic mass is 9.79. The number of ether oxygens (including phenoxy) is 1. The van der Waals surface area contributed by atoms with Gasteiger partial charge in [0, 0.05) is 67.7 Å². The second kappa shape index (κ2) is 7.16. The molecule has 0 amide bonds. The van der Waals surface area contributed by atoms with Gasteiger partial charge in [0.05, 0.1) is 0 Å². The fourth-order valence-electron chi connectivity index (χ4n) is 2.92. The van der Waals surface area contributed by atoms with Crippen molar-refractivity contribution >= 4 is 10.8 Å². The number of hydrogen-bond acceptors (Lipinski definition) is 4. The maximum absolute atomic E-state index is 11.4. The highest BCUT2D eigenvalue weighted by Crippen LogP contribution is 2.31. The van der Waals surface area contributed by atoms with E-state index in [9.17, 15) is 4.21 Å². The Hall–Kier alpha value is 0.0300. The normalized spacial score (nSPS) is 25.8. The Balaban J connectivity index is 1.90. The third-order valence-electron chi connectivity index (χ3n) is 4.27. The number of hydrogen-bond donors (Lipinski definition) is 1. The summed E-state index contributed by atoms with van der Waals surface area (Å²) in [6.45, 7) is 10.4. The van der Waals surface area contributed by atoms with Crippen molar-refractivity contribution in [1.82, 2.24) is 10.2 Å². The summed E-state index contributed by atoms with van der Waals surface area (Å²) in [5.74, 6) is 1.70. The molecule has 2 rings (SSSR count). The van der Waals surface area contributed by atoms with Crippen molar-refractivity contribution in [2.75, 3.05) is 50.9 Å². The quantitative estimate of drug-likeness (QED) is 0.814. The Bertz CT molecular complexity index is 294. The molecule has 1 N–H and O–H groups in total. The highest BCUT2D eigenvalue weighted by Gasteiger charge is 2.35. The molecule has 4 nitrogen and oxygen atoms in total. The summed E-state index contributed by atoms with van der Waals surface area (Å²) in [6.07, 6.45) is 2.29. The first-order chi connectivity index (χ1) is 9.10. The minimum absolute atomic E-state index is 0.349. The van der Waals surface area contributed by atoms with Crippen LogP contribution < -0.4 is 5.32 Å². The first-order valence-electron chi connectivity index (χ1n) is 7.48. The van der Waals surface area contributed by atoms with Gasteiger partial charge in [0.2, 0.25) is 0 Å². The Morgan fingerprint density at radius 3 is 2.47 bits per heavy atom. The molecule has 0 atom stereocenters. The van der Waals surface area contributed by atoms with Crippen LogP contribution in [-0.4, -0.2) is 66.0 Å². The second-order valence-corrected chi connectivity index (χ2v) is 7.97. The predicted molar refractivity (Wildman–Crippen MR) is 79.9 cm³/mol. The molecule has 2 fully saturated rings. The first-order valence-corrected chi connectivity index (χ1v) is 8.97. The Kier molecular flexibility index (Phi) is 5.81. The molecule has 0 radical (unpaired) electrons. The average Bonchev–Trinajstić information content (AvgIpc) is 2.41. The Morgan fingerprint density at radius 2 is 1.89 bits per heavy atom. The summed E-state index contributed by atoms with van der Waals surface area (Å²) in [7, 11) is -0.574. The fourth-order valence-corrected chi connectivity index (χ4v) is 4.05. The van der Waals surface area contributed by atoms with Crippen molar-refractivity contribution in [3.8, 4) is 0 Å². The summed E-state index contributed by atoms with van der Waals surface area (Å²) < 4.78 is 17.0. The lowest BCUT2D eigenvalue weighted by molar-refractivity contribution is -0.00389. The van der Waals surface area contributed by atoms with Crippen LogP contribution in [0.5, 0.6) is 0 Å². The largest absolute Gasteiger partial charge is 0.381 e. The molecule has 0 spiro atoms. The predicted octanol–water partition coefficient (Wildman–Crippen LogP) is 0.846. The minimum atomic E-state index is -0.574. The van der Waals surface area contributed by atoms with Crippen LogP contribution in [-0.2, 0) is 15.5 Å². The summed E-state index contributed by atoms with van der Waals surface area (Å²) in [6, 6.07) is 0.536. The summed E-state index contributed by atoms with van der Waals surface area (Å²) in [5, 5.41) is 3.61. The van der Waals surface area contributed by atoms with Crippen molar-refractivity contribution in [2.24, 2.45) is 5.41 Å². The van der Waals surface area contributed by atoms with Crippen LogP contribution in [0.2, 0.25) is 0 Å². The molecule has 0 saturated carbocycles. The summed E-state index contributed by atoms with van der Waals surface area (Å²) in [4.78, 5) is 2.51. The van der Waals surface area contributed by atoms with E-state index >= 15 is 0 Å². The zero-order valence-electron chi connectivity index (χ0n) is 12.3. The summed E-state index contributed by atoms with van der Waals surface area (Å²) in [5.41, 5.74) is 0.349. The number of nitrogens with zero attached hydrogens (tertiary/aromatic N) is 1. The fraction of sp³-hybridized carbons (Fsp3) is 1.00. The van der Waals surface area contributed by atoms with Crippen molar-refractivity contribution < 1.29 is 8.95 Å². The minimum Gasteiger partial charge on any atom is -0.381 e. The van der Waals surface area contributed by atoms with Crippen LogP contribution in [0.15, 0.2) is 0 Å². The smallest absolute Gasteiger partial charge is 0.0472 e. The Labute approximate surface area is 119 Å². The molecule has 0 aromatic heterocycles. The van der Waals surface area contributed by atoms with Gasteiger partial charge in [-0.3, -0.25) is 4.21 Å². The van der Waals surface area contributed by atoms with Gasteiger partial charge in [0.1, 0.15) is 0 Å². The molecule has 2 aliphatic heterocycles. The molecular weight excluding hydrogens is 260 g/mol. The third-order valence-corrected chi connectivity index (χ3v) is 5.54. The molecular formula is C14H28N2O2S. The van der Waals surface area contributed by atoms with Gasteiger partial charge in [0.25, 0.3) is 0 Å². The van der Waals surface area contributed by atoms with E-state index in [0.29, 0.717) is 11.5 Å². The molecule has 112 valence electrons. The molecule has 0 aromatic carbocycles. The molecule has 0 aliphatic carbocycles. The molecule has 2 heterocycles. The number of rotatable bonds is 5. The van der Waals surface area contributed by atoms with Gasteiger partial charge in [-0.2, -0.15) is 0 Å². The third kappa shape index (κ3) is 4.81. The van der Waals surface area contributed by atoms with Crippen LogP contribution in [0.3, 0.4) is 0 Å². The average molecular weight is 288 g/mol. The van der Waals surface area contributed by atoms with Gasteiger partial charge in [-0.25, -0.2) is 0 Å². The van der Waals surface area contributed by atoms with Crippen molar-refractivity contribution in [3.63, 3.8) is 0 Å². The summed E-state index contributed by atoms with van der Waals surface area (Å²) >= 11 is 0. The van der Waals surface area contributed by atoms with Crippen LogP contribution in [0, 0.1) is 5.41 Å². The second-order valence-electron chi connectivity index (χ2n) is 6.27. The van der Waals surface area contributed by atoms with Gasteiger partial charge < -0.3 is 15.0 Å². The van der Waals surface area contributed by atoms with E-state index in [-0.39, 0.29) is 0 Å². The maximum atomic E-state index is 11.4. The van der Waals surface area contributed by atoms with E-state index in [4.69, 9.17) is 4.74 Å². The molecule has 2 aliphatic rings. The van der Waals surface area contributed by atoms with Crippen molar-refractivity contribution in [1.29, 1.82) is 0 Å². The zero-order chi connectivity index (χ0) is 13.7. The van der Waals surface area contributed by atoms with Gasteiger partial charge in [-0.15, -0.1) is 0 Å². The highest BCUT2D eigenvalue weighted by atomic mass is 32.2. The van der Waals surface area contributed by atoms with Crippen LogP contribution in [0.25, 0.3) is 0 Å². The maximum Gasteiger partial charge on any atom is 0.0472 e. The van der Waals surface area contributed by atoms with Gasteiger partial charge in [-0.1, -0.05) is 13.8 Å². The highest BCUT2D eigenvalue weighted by molar-refractivity contribution is 7.85. The first kappa shape index (κ1) is 15.4.